The van der Waals surface area contributed by atoms with Crippen LogP contribution in [0.5, 0.6) is 11.5 Å². The number of carbonyl (C=O) groups is 1. The lowest BCUT2D eigenvalue weighted by atomic mass is 10.1. The molecule has 0 aliphatic rings. The average Bonchev–Trinajstić information content (AvgIpc) is 3.30. The van der Waals surface area contributed by atoms with E-state index in [1.54, 1.807) is 25.3 Å². The lowest BCUT2D eigenvalue weighted by molar-refractivity contribution is -0.131. The van der Waals surface area contributed by atoms with Crippen LogP contribution >= 0.6 is 11.8 Å². The van der Waals surface area contributed by atoms with Crippen LogP contribution in [0.3, 0.4) is 0 Å². The summed E-state index contributed by atoms with van der Waals surface area (Å²) in [6.07, 6.45) is 2.11. The van der Waals surface area contributed by atoms with Crippen molar-refractivity contribution in [3.63, 3.8) is 0 Å². The monoisotopic (exact) mass is 462 g/mol. The number of hydrogen-bond donors (Lipinski definition) is 1. The van der Waals surface area contributed by atoms with E-state index in [2.05, 4.69) is 28.4 Å². The van der Waals surface area contributed by atoms with Crippen molar-refractivity contribution in [2.24, 2.45) is 0 Å². The van der Waals surface area contributed by atoms with Crippen molar-refractivity contribution in [1.29, 1.82) is 0 Å². The van der Waals surface area contributed by atoms with Gasteiger partial charge in [-0.2, -0.15) is 0 Å². The lowest BCUT2D eigenvalue weighted by Gasteiger charge is -2.13. The van der Waals surface area contributed by atoms with Crippen molar-refractivity contribution in [3.05, 3.63) is 82.6 Å². The van der Waals surface area contributed by atoms with Crippen LogP contribution in [-0.4, -0.2) is 28.4 Å². The van der Waals surface area contributed by atoms with Gasteiger partial charge in [0.1, 0.15) is 11.5 Å². The molecule has 0 radical (unpaired) electrons. The smallest absolute Gasteiger partial charge is 0.342 e. The van der Waals surface area contributed by atoms with E-state index in [-0.39, 0.29) is 10.1 Å². The molecule has 0 saturated carbocycles. The number of fused-ring (bicyclic) bond motifs is 1. The van der Waals surface area contributed by atoms with Gasteiger partial charge in [-0.05, 0) is 51.9 Å². The van der Waals surface area contributed by atoms with Crippen LogP contribution in [0.2, 0.25) is 0 Å². The number of carboxylic acids is 1. The van der Waals surface area contributed by atoms with Gasteiger partial charge in [0.2, 0.25) is 5.89 Å². The van der Waals surface area contributed by atoms with Gasteiger partial charge >= 0.3 is 5.97 Å². The molecule has 168 valence electrons. The molecule has 1 aromatic heterocycles. The molecule has 1 heterocycles. The Kier molecular flexibility index (Phi) is 6.95. The number of hydrogen-bond acceptors (Lipinski definition) is 7. The molecule has 0 atom stereocenters. The molecule has 0 aliphatic carbocycles. The minimum atomic E-state index is -1.09. The number of benzene rings is 3. The molecule has 0 bridgehead atoms. The number of ether oxygens (including phenoxy) is 2. The maximum Gasteiger partial charge on any atom is 0.342 e. The van der Waals surface area contributed by atoms with E-state index in [9.17, 15) is 9.90 Å². The number of nitrogens with zero attached hydrogens (tertiary/aromatic N) is 2. The van der Waals surface area contributed by atoms with Gasteiger partial charge in [0, 0.05) is 6.42 Å². The maximum absolute atomic E-state index is 11.7. The predicted octanol–water partition coefficient (Wildman–Crippen LogP) is 5.59. The van der Waals surface area contributed by atoms with Gasteiger partial charge in [-0.1, -0.05) is 55.5 Å². The molecule has 33 heavy (non-hydrogen) atoms. The zero-order valence-electron chi connectivity index (χ0n) is 18.1. The quantitative estimate of drug-likeness (QED) is 0.254. The van der Waals surface area contributed by atoms with Crippen LogP contribution in [0, 0.1) is 0 Å². The Balaban J connectivity index is 1.54. The van der Waals surface area contributed by atoms with Crippen LogP contribution in [0.15, 0.2) is 75.2 Å². The van der Waals surface area contributed by atoms with Crippen LogP contribution in [0.4, 0.5) is 0 Å². The molecule has 8 heteroatoms. The van der Waals surface area contributed by atoms with Crippen molar-refractivity contribution in [1.82, 2.24) is 10.2 Å². The second-order valence-electron chi connectivity index (χ2n) is 7.07. The summed E-state index contributed by atoms with van der Waals surface area (Å²) >= 11 is 0.903. The molecule has 1 N–H and O–H groups in total. The third-order valence-electron chi connectivity index (χ3n) is 4.91. The standard InChI is InChI=1S/C25H22N2O5S/c1-3-23-26-27-25(32-23)33-22(24(28)29)14-16-11-12-20(21(13-16)30-2)31-15-18-9-6-8-17-7-4-5-10-19(17)18/h4-14H,3,15H2,1-2H3,(H,28,29)/b22-14-. The lowest BCUT2D eigenvalue weighted by Crippen LogP contribution is -1.99. The Morgan fingerprint density at radius 2 is 1.91 bits per heavy atom. The largest absolute Gasteiger partial charge is 0.493 e. The summed E-state index contributed by atoms with van der Waals surface area (Å²) in [5, 5.41) is 19.8. The molecule has 0 fully saturated rings. The summed E-state index contributed by atoms with van der Waals surface area (Å²) in [5.74, 6) is 0.435. The van der Waals surface area contributed by atoms with Crippen molar-refractivity contribution < 1.29 is 23.8 Å². The van der Waals surface area contributed by atoms with Gasteiger partial charge in [-0.3, -0.25) is 0 Å². The third kappa shape index (κ3) is 5.35. The van der Waals surface area contributed by atoms with E-state index < -0.39 is 5.97 Å². The Labute approximate surface area is 195 Å². The van der Waals surface area contributed by atoms with E-state index in [4.69, 9.17) is 13.9 Å². The fourth-order valence-corrected chi connectivity index (χ4v) is 3.96. The number of methoxy groups -OCH3 is 1. The normalized spacial score (nSPS) is 11.5. The first-order valence-corrected chi connectivity index (χ1v) is 11.1. The molecular formula is C25H22N2O5S. The minimum absolute atomic E-state index is 0.0489. The Bertz CT molecular complexity index is 1310. The van der Waals surface area contributed by atoms with Crippen LogP contribution in [0.1, 0.15) is 23.9 Å². The molecule has 0 spiro atoms. The molecule has 0 unspecified atom stereocenters. The molecule has 4 aromatic rings. The number of rotatable bonds is 9. The van der Waals surface area contributed by atoms with Crippen LogP contribution < -0.4 is 9.47 Å². The highest BCUT2D eigenvalue weighted by molar-refractivity contribution is 8.03. The number of aromatic nitrogens is 2. The van der Waals surface area contributed by atoms with Gasteiger partial charge in [0.05, 0.1) is 7.11 Å². The first-order valence-electron chi connectivity index (χ1n) is 10.3. The molecular weight excluding hydrogens is 440 g/mol. The van der Waals surface area contributed by atoms with Crippen LogP contribution in [-0.2, 0) is 17.8 Å². The first-order chi connectivity index (χ1) is 16.1. The van der Waals surface area contributed by atoms with Crippen LogP contribution in [0.25, 0.3) is 16.8 Å². The summed E-state index contributed by atoms with van der Waals surface area (Å²) in [6, 6.07) is 19.5. The summed E-state index contributed by atoms with van der Waals surface area (Å²) in [4.78, 5) is 11.8. The molecule has 0 aliphatic heterocycles. The van der Waals surface area contributed by atoms with Gasteiger partial charge in [0.15, 0.2) is 11.5 Å². The number of thioether (sulfide) groups is 1. The summed E-state index contributed by atoms with van der Waals surface area (Å²) < 4.78 is 16.9. The Morgan fingerprint density at radius 3 is 2.67 bits per heavy atom. The third-order valence-corrected chi connectivity index (χ3v) is 5.76. The molecule has 0 saturated heterocycles. The van der Waals surface area contributed by atoms with Gasteiger partial charge in [0.25, 0.3) is 5.22 Å². The summed E-state index contributed by atoms with van der Waals surface area (Å²) in [7, 11) is 1.55. The van der Waals surface area contributed by atoms with E-state index in [0.717, 1.165) is 28.1 Å². The highest BCUT2D eigenvalue weighted by Gasteiger charge is 2.16. The van der Waals surface area contributed by atoms with E-state index in [1.165, 1.54) is 6.08 Å². The highest BCUT2D eigenvalue weighted by atomic mass is 32.2. The predicted molar refractivity (Wildman–Crippen MR) is 126 cm³/mol. The maximum atomic E-state index is 11.7. The van der Waals surface area contributed by atoms with Crippen molar-refractivity contribution in [2.45, 2.75) is 25.2 Å². The van der Waals surface area contributed by atoms with Gasteiger partial charge in [-0.15, -0.1) is 10.2 Å². The second-order valence-corrected chi connectivity index (χ2v) is 8.06. The molecule has 7 nitrogen and oxygen atoms in total. The van der Waals surface area contributed by atoms with E-state index in [1.807, 2.05) is 31.2 Å². The highest BCUT2D eigenvalue weighted by Crippen LogP contribution is 2.33. The summed E-state index contributed by atoms with van der Waals surface area (Å²) in [6.45, 7) is 2.26. The van der Waals surface area contributed by atoms with E-state index in [0.29, 0.717) is 36.0 Å². The number of aryl methyl sites for hydroxylation is 1. The molecule has 4 rings (SSSR count). The number of aliphatic carboxylic acids is 1. The van der Waals surface area contributed by atoms with E-state index >= 15 is 0 Å². The van der Waals surface area contributed by atoms with Crippen molar-refractivity contribution in [3.8, 4) is 11.5 Å². The van der Waals surface area contributed by atoms with Gasteiger partial charge in [-0.25, -0.2) is 4.79 Å². The van der Waals surface area contributed by atoms with Gasteiger partial charge < -0.3 is 19.0 Å². The SMILES string of the molecule is CCc1nnc(S/C(=C\c2ccc(OCc3cccc4ccccc34)c(OC)c2)C(=O)O)o1. The van der Waals surface area contributed by atoms with Crippen molar-refractivity contribution >= 4 is 34.6 Å². The molecule has 0 amide bonds. The second kappa shape index (κ2) is 10.2. The zero-order valence-corrected chi connectivity index (χ0v) is 19.0. The fraction of sp³-hybridized carbons (Fsp3) is 0.160. The Hall–Kier alpha value is -3.78. The summed E-state index contributed by atoms with van der Waals surface area (Å²) in [5.41, 5.74) is 1.71. The zero-order chi connectivity index (χ0) is 23.2. The fourth-order valence-electron chi connectivity index (χ4n) is 3.27. The van der Waals surface area contributed by atoms with Crippen molar-refractivity contribution in [2.75, 3.05) is 7.11 Å². The number of carboxylic acid groups (broad SMARTS) is 1. The minimum Gasteiger partial charge on any atom is -0.493 e. The molecule has 3 aromatic carbocycles. The Morgan fingerprint density at radius 1 is 1.09 bits per heavy atom. The average molecular weight is 463 g/mol. The topological polar surface area (TPSA) is 94.7 Å². The first kappa shape index (κ1) is 22.4.